The molecule has 80 valence electrons. The van der Waals surface area contributed by atoms with E-state index in [-0.39, 0.29) is 12.0 Å². The molecule has 0 saturated heterocycles. The first-order valence-electron chi connectivity index (χ1n) is 4.97. The summed E-state index contributed by atoms with van der Waals surface area (Å²) in [6, 6.07) is -0.287. The summed E-state index contributed by atoms with van der Waals surface area (Å²) in [4.78, 5) is 27.3. The summed E-state index contributed by atoms with van der Waals surface area (Å²) in [7, 11) is 0. The highest BCUT2D eigenvalue weighted by Crippen LogP contribution is 2.26. The molecule has 0 unspecified atom stereocenters. The van der Waals surface area contributed by atoms with Gasteiger partial charge in [0.2, 0.25) is 4.92 Å². The lowest BCUT2D eigenvalue weighted by Gasteiger charge is -2.19. The van der Waals surface area contributed by atoms with Gasteiger partial charge in [-0.25, -0.2) is 4.84 Å². The van der Waals surface area contributed by atoms with Gasteiger partial charge in [0.25, 0.3) is 6.04 Å². The lowest BCUT2D eigenvalue weighted by molar-refractivity contribution is -0.827. The van der Waals surface area contributed by atoms with Crippen LogP contribution in [0.15, 0.2) is 0 Å². The first-order valence-corrected chi connectivity index (χ1v) is 4.97. The fourth-order valence-electron chi connectivity index (χ4n) is 1.81. The Bertz CT molecular complexity index is 229. The van der Waals surface area contributed by atoms with Crippen molar-refractivity contribution in [2.24, 2.45) is 5.92 Å². The van der Waals surface area contributed by atoms with E-state index < -0.39 is 5.97 Å². The first kappa shape index (κ1) is 10.9. The van der Waals surface area contributed by atoms with Crippen LogP contribution in [-0.4, -0.2) is 28.6 Å². The molecule has 1 N–H and O–H groups in total. The number of hydrogen-bond donors (Lipinski definition) is 1. The minimum atomic E-state index is -0.806. The summed E-state index contributed by atoms with van der Waals surface area (Å²) in [6.45, 7) is 2.07. The van der Waals surface area contributed by atoms with Crippen molar-refractivity contribution in [3.05, 3.63) is 4.91 Å². The highest BCUT2D eigenvalue weighted by molar-refractivity contribution is 5.70. The van der Waals surface area contributed by atoms with E-state index in [0.29, 0.717) is 24.4 Å². The Kier molecular flexibility index (Phi) is 3.85. The van der Waals surface area contributed by atoms with E-state index in [4.69, 9.17) is 9.94 Å². The quantitative estimate of drug-likeness (QED) is 0.699. The van der Waals surface area contributed by atoms with Crippen LogP contribution in [0.2, 0.25) is 0 Å². The van der Waals surface area contributed by atoms with Crippen molar-refractivity contribution in [2.45, 2.75) is 38.6 Å². The van der Waals surface area contributed by atoms with E-state index in [1.165, 1.54) is 0 Å². The standard InChI is InChI=1S/C9H15NO4/c1-2-14-10(13)8-5-3-4-7(6-8)9(11)12/h7-8H,2-6H2,1H3/p+1/t7-,8-/m1/s1. The SMILES string of the molecule is CCO[N+](=O)[C@@H]1CCC[C@@H](C(=O)O)C1. The molecule has 0 amide bonds. The van der Waals surface area contributed by atoms with Gasteiger partial charge in [0, 0.05) is 12.8 Å². The molecular formula is C9H16NO4+. The van der Waals surface area contributed by atoms with Gasteiger partial charge in [-0.2, -0.15) is 0 Å². The Hall–Kier alpha value is -1.13. The molecule has 1 rings (SSSR count). The minimum Gasteiger partial charge on any atom is -0.481 e. The van der Waals surface area contributed by atoms with Gasteiger partial charge in [0.15, 0.2) is 6.61 Å². The molecule has 5 nitrogen and oxygen atoms in total. The van der Waals surface area contributed by atoms with E-state index in [2.05, 4.69) is 0 Å². The zero-order chi connectivity index (χ0) is 10.6. The highest BCUT2D eigenvalue weighted by Gasteiger charge is 2.37. The number of hydrogen-bond acceptors (Lipinski definition) is 3. The van der Waals surface area contributed by atoms with Crippen LogP contribution < -0.4 is 0 Å². The summed E-state index contributed by atoms with van der Waals surface area (Å²) < 4.78 is 0. The Balaban J connectivity index is 2.47. The van der Waals surface area contributed by atoms with Crippen molar-refractivity contribution in [2.75, 3.05) is 6.61 Å². The van der Waals surface area contributed by atoms with Crippen molar-refractivity contribution < 1.29 is 19.7 Å². The molecule has 0 radical (unpaired) electrons. The topological polar surface area (TPSA) is 66.6 Å². The Labute approximate surface area is 82.6 Å². The molecule has 1 fully saturated rings. The fourth-order valence-corrected chi connectivity index (χ4v) is 1.81. The summed E-state index contributed by atoms with van der Waals surface area (Å²) in [6.07, 6.45) is 2.59. The molecule has 0 aromatic heterocycles. The summed E-state index contributed by atoms with van der Waals surface area (Å²) in [5, 5.41) is 8.81. The van der Waals surface area contributed by atoms with Crippen LogP contribution in [-0.2, 0) is 9.63 Å². The van der Waals surface area contributed by atoms with Crippen molar-refractivity contribution in [1.82, 2.24) is 0 Å². The Morgan fingerprint density at radius 1 is 1.57 bits per heavy atom. The molecule has 1 aliphatic rings. The lowest BCUT2D eigenvalue weighted by atomic mass is 9.86. The third-order valence-corrected chi connectivity index (χ3v) is 2.55. The molecule has 2 atom stereocenters. The van der Waals surface area contributed by atoms with Gasteiger partial charge < -0.3 is 5.11 Å². The average Bonchev–Trinajstić information content (AvgIpc) is 2.18. The lowest BCUT2D eigenvalue weighted by Crippen LogP contribution is -2.33. The van der Waals surface area contributed by atoms with E-state index in [0.717, 1.165) is 12.8 Å². The fraction of sp³-hybridized carbons (Fsp3) is 0.889. The molecule has 0 aliphatic heterocycles. The van der Waals surface area contributed by atoms with Gasteiger partial charge in [0.05, 0.1) is 10.8 Å². The molecule has 0 heterocycles. The Morgan fingerprint density at radius 3 is 2.86 bits per heavy atom. The number of carbonyl (C=O) groups is 1. The van der Waals surface area contributed by atoms with E-state index in [1.54, 1.807) is 6.92 Å². The molecule has 14 heavy (non-hydrogen) atoms. The predicted molar refractivity (Wildman–Crippen MR) is 48.6 cm³/mol. The molecule has 0 aromatic carbocycles. The van der Waals surface area contributed by atoms with Gasteiger partial charge in [-0.3, -0.25) is 4.79 Å². The number of rotatable bonds is 4. The van der Waals surface area contributed by atoms with Crippen molar-refractivity contribution >= 4 is 5.97 Å². The van der Waals surface area contributed by atoms with Gasteiger partial charge in [0.1, 0.15) is 0 Å². The maximum Gasteiger partial charge on any atom is 0.306 e. The highest BCUT2D eigenvalue weighted by atomic mass is 16.8. The largest absolute Gasteiger partial charge is 0.481 e. The van der Waals surface area contributed by atoms with E-state index >= 15 is 0 Å². The van der Waals surface area contributed by atoms with Crippen molar-refractivity contribution in [3.8, 4) is 0 Å². The molecule has 0 spiro atoms. The van der Waals surface area contributed by atoms with Gasteiger partial charge in [-0.05, 0) is 19.8 Å². The van der Waals surface area contributed by atoms with Gasteiger partial charge >= 0.3 is 5.97 Å². The molecule has 0 bridgehead atoms. The van der Waals surface area contributed by atoms with E-state index in [9.17, 15) is 9.70 Å². The second kappa shape index (κ2) is 4.93. The number of nitrogens with zero attached hydrogens (tertiary/aromatic N) is 1. The third kappa shape index (κ3) is 2.68. The summed E-state index contributed by atoms with van der Waals surface area (Å²) in [5.41, 5.74) is 0. The van der Waals surface area contributed by atoms with Crippen molar-refractivity contribution in [1.29, 1.82) is 0 Å². The van der Waals surface area contributed by atoms with Gasteiger partial charge in [-0.15, -0.1) is 0 Å². The molecule has 5 heteroatoms. The molecule has 1 aliphatic carbocycles. The second-order valence-corrected chi connectivity index (χ2v) is 3.56. The zero-order valence-electron chi connectivity index (χ0n) is 8.31. The average molecular weight is 202 g/mol. The van der Waals surface area contributed by atoms with Gasteiger partial charge in [-0.1, -0.05) is 0 Å². The number of carboxylic acids is 1. The monoisotopic (exact) mass is 202 g/mol. The summed E-state index contributed by atoms with van der Waals surface area (Å²) >= 11 is 0. The van der Waals surface area contributed by atoms with Crippen LogP contribution in [0.3, 0.4) is 0 Å². The van der Waals surface area contributed by atoms with E-state index in [1.807, 2.05) is 0 Å². The second-order valence-electron chi connectivity index (χ2n) is 3.56. The number of carboxylic acid groups (broad SMARTS) is 1. The maximum atomic E-state index is 11.3. The molecular weight excluding hydrogens is 186 g/mol. The van der Waals surface area contributed by atoms with Crippen LogP contribution in [0, 0.1) is 10.8 Å². The maximum absolute atomic E-state index is 11.3. The van der Waals surface area contributed by atoms with Crippen LogP contribution >= 0.6 is 0 Å². The zero-order valence-corrected chi connectivity index (χ0v) is 8.31. The van der Waals surface area contributed by atoms with Crippen LogP contribution in [0.1, 0.15) is 32.6 Å². The third-order valence-electron chi connectivity index (χ3n) is 2.55. The Morgan fingerprint density at radius 2 is 2.29 bits per heavy atom. The van der Waals surface area contributed by atoms with Crippen LogP contribution in [0.25, 0.3) is 0 Å². The summed E-state index contributed by atoms with van der Waals surface area (Å²) in [5.74, 6) is -1.19. The van der Waals surface area contributed by atoms with Crippen molar-refractivity contribution in [3.63, 3.8) is 0 Å². The molecule has 1 saturated carbocycles. The van der Waals surface area contributed by atoms with Crippen LogP contribution in [0.4, 0.5) is 0 Å². The predicted octanol–water partition coefficient (Wildman–Crippen LogP) is 1.36. The normalized spacial score (nSPS) is 26.9. The first-order chi connectivity index (χ1) is 6.65. The minimum absolute atomic E-state index is 0.287. The van der Waals surface area contributed by atoms with Crippen LogP contribution in [0.5, 0.6) is 0 Å². The number of aliphatic carboxylic acids is 1. The molecule has 0 aromatic rings. The smallest absolute Gasteiger partial charge is 0.306 e.